The lowest BCUT2D eigenvalue weighted by Crippen LogP contribution is -2.47. The van der Waals surface area contributed by atoms with E-state index in [1.54, 1.807) is 17.0 Å². The van der Waals surface area contributed by atoms with Crippen LogP contribution in [0.2, 0.25) is 0 Å². The number of carbonyl (C=O) groups is 2. The molecule has 1 amide bonds. The molecule has 0 aliphatic carbocycles. The topological polar surface area (TPSA) is 74.3 Å². The molecule has 3 aromatic carbocycles. The Labute approximate surface area is 217 Å². The van der Waals surface area contributed by atoms with Gasteiger partial charge >= 0.3 is 0 Å². The summed E-state index contributed by atoms with van der Waals surface area (Å²) in [7, 11) is 3.02. The molecule has 1 saturated heterocycles. The Morgan fingerprint density at radius 2 is 1.65 bits per heavy atom. The molecule has 0 spiro atoms. The molecule has 37 heavy (non-hydrogen) atoms. The summed E-state index contributed by atoms with van der Waals surface area (Å²) in [4.78, 5) is 27.7. The van der Waals surface area contributed by atoms with Crippen molar-refractivity contribution in [2.75, 3.05) is 40.5 Å². The van der Waals surface area contributed by atoms with Crippen LogP contribution < -0.4 is 14.2 Å². The smallest absolute Gasteiger partial charge is 0.254 e. The van der Waals surface area contributed by atoms with Crippen molar-refractivity contribution in [1.82, 2.24) is 4.90 Å². The standard InChI is InChI=1S/C30H31NO6/c1-21(32)25-14-15-27(34-2)29(35-3)28(25)37-20-24-19-31(16-17-36-24)30(33)26(23-12-8-5-9-13-23)18-22-10-6-4-7-11-22/h4-15,18,24H,16-17,19-20H2,1-3H3. The third kappa shape index (κ3) is 6.19. The SMILES string of the molecule is COc1ccc(C(C)=O)c(OCC2CN(C(=O)C(=Cc3ccccc3)c3ccccc3)CCO2)c1OC. The van der Waals surface area contributed by atoms with E-state index < -0.39 is 0 Å². The van der Waals surface area contributed by atoms with Gasteiger partial charge in [0.15, 0.2) is 17.3 Å². The average Bonchev–Trinajstić information content (AvgIpc) is 2.94. The number of ketones is 1. The van der Waals surface area contributed by atoms with Crippen LogP contribution in [0.25, 0.3) is 11.6 Å². The molecule has 1 fully saturated rings. The number of Topliss-reactive ketones (excluding diaryl/α,β-unsaturated/α-hetero) is 1. The molecule has 1 aliphatic heterocycles. The second-order valence-corrected chi connectivity index (χ2v) is 8.62. The number of rotatable bonds is 9. The van der Waals surface area contributed by atoms with Crippen LogP contribution in [0.15, 0.2) is 72.8 Å². The van der Waals surface area contributed by atoms with Crippen LogP contribution in [-0.4, -0.2) is 63.2 Å². The van der Waals surface area contributed by atoms with Crippen LogP contribution >= 0.6 is 0 Å². The molecule has 7 nitrogen and oxygen atoms in total. The van der Waals surface area contributed by atoms with Crippen LogP contribution in [0.5, 0.6) is 17.2 Å². The van der Waals surface area contributed by atoms with Gasteiger partial charge in [-0.1, -0.05) is 60.7 Å². The number of morpholine rings is 1. The number of nitrogens with zero attached hydrogens (tertiary/aromatic N) is 1. The largest absolute Gasteiger partial charge is 0.493 e. The summed E-state index contributed by atoms with van der Waals surface area (Å²) in [5.74, 6) is 0.872. The van der Waals surface area contributed by atoms with Gasteiger partial charge in [-0.15, -0.1) is 0 Å². The Balaban J connectivity index is 1.54. The summed E-state index contributed by atoms with van der Waals surface area (Å²) < 4.78 is 22.8. The van der Waals surface area contributed by atoms with Gasteiger partial charge < -0.3 is 23.8 Å². The van der Waals surface area contributed by atoms with Crippen molar-refractivity contribution in [1.29, 1.82) is 0 Å². The van der Waals surface area contributed by atoms with Crippen LogP contribution in [0.1, 0.15) is 28.4 Å². The van der Waals surface area contributed by atoms with E-state index in [1.807, 2.05) is 66.7 Å². The van der Waals surface area contributed by atoms with Gasteiger partial charge in [0, 0.05) is 12.1 Å². The van der Waals surface area contributed by atoms with Crippen LogP contribution in [0, 0.1) is 0 Å². The van der Waals surface area contributed by atoms with Gasteiger partial charge in [-0.3, -0.25) is 9.59 Å². The number of benzene rings is 3. The zero-order valence-corrected chi connectivity index (χ0v) is 21.3. The fourth-order valence-electron chi connectivity index (χ4n) is 4.27. The summed E-state index contributed by atoms with van der Waals surface area (Å²) >= 11 is 0. The van der Waals surface area contributed by atoms with E-state index in [0.29, 0.717) is 48.1 Å². The maximum atomic E-state index is 13.7. The monoisotopic (exact) mass is 501 g/mol. The number of ether oxygens (including phenoxy) is 4. The van der Waals surface area contributed by atoms with Crippen molar-refractivity contribution in [3.8, 4) is 17.2 Å². The van der Waals surface area contributed by atoms with E-state index in [0.717, 1.165) is 11.1 Å². The molecule has 7 heteroatoms. The van der Waals surface area contributed by atoms with Gasteiger partial charge in [0.1, 0.15) is 12.7 Å². The zero-order chi connectivity index (χ0) is 26.2. The van der Waals surface area contributed by atoms with Gasteiger partial charge in [-0.05, 0) is 36.3 Å². The van der Waals surface area contributed by atoms with Crippen LogP contribution in [0.4, 0.5) is 0 Å². The minimum atomic E-state index is -0.387. The molecule has 1 atom stereocenters. The Hall–Kier alpha value is -4.10. The predicted molar refractivity (Wildman–Crippen MR) is 142 cm³/mol. The van der Waals surface area contributed by atoms with Gasteiger partial charge in [-0.25, -0.2) is 0 Å². The summed E-state index contributed by atoms with van der Waals surface area (Å²) in [6, 6.07) is 22.8. The molecule has 0 aromatic heterocycles. The first kappa shape index (κ1) is 26.0. The highest BCUT2D eigenvalue weighted by molar-refractivity contribution is 6.24. The van der Waals surface area contributed by atoms with Crippen molar-refractivity contribution >= 4 is 23.3 Å². The second-order valence-electron chi connectivity index (χ2n) is 8.62. The van der Waals surface area contributed by atoms with E-state index in [1.165, 1.54) is 21.1 Å². The van der Waals surface area contributed by atoms with Crippen molar-refractivity contribution in [3.05, 3.63) is 89.5 Å². The number of hydrogen-bond acceptors (Lipinski definition) is 6. The molecule has 1 unspecified atom stereocenters. The first-order chi connectivity index (χ1) is 18.0. The molecule has 0 N–H and O–H groups in total. The fourth-order valence-corrected chi connectivity index (χ4v) is 4.27. The highest BCUT2D eigenvalue weighted by Gasteiger charge is 2.28. The van der Waals surface area contributed by atoms with E-state index in [4.69, 9.17) is 18.9 Å². The Morgan fingerprint density at radius 1 is 0.946 bits per heavy atom. The van der Waals surface area contributed by atoms with Gasteiger partial charge in [-0.2, -0.15) is 0 Å². The van der Waals surface area contributed by atoms with E-state index >= 15 is 0 Å². The average molecular weight is 502 g/mol. The minimum absolute atomic E-state index is 0.0771. The molecule has 1 heterocycles. The summed E-state index contributed by atoms with van der Waals surface area (Å²) in [6.45, 7) is 2.80. The molecule has 0 radical (unpaired) electrons. The normalized spacial score (nSPS) is 15.7. The molecule has 0 bridgehead atoms. The van der Waals surface area contributed by atoms with Crippen molar-refractivity contribution in [2.24, 2.45) is 0 Å². The first-order valence-electron chi connectivity index (χ1n) is 12.1. The third-order valence-electron chi connectivity index (χ3n) is 6.14. The maximum absolute atomic E-state index is 13.7. The fraction of sp³-hybridized carbons (Fsp3) is 0.267. The maximum Gasteiger partial charge on any atom is 0.254 e. The second kappa shape index (κ2) is 12.2. The lowest BCUT2D eigenvalue weighted by Gasteiger charge is -2.33. The Kier molecular flexibility index (Phi) is 8.59. The molecule has 4 rings (SSSR count). The quantitative estimate of drug-likeness (QED) is 0.239. The van der Waals surface area contributed by atoms with E-state index in [-0.39, 0.29) is 24.4 Å². The Bertz CT molecular complexity index is 1260. The highest BCUT2D eigenvalue weighted by Crippen LogP contribution is 2.40. The minimum Gasteiger partial charge on any atom is -0.493 e. The van der Waals surface area contributed by atoms with Gasteiger partial charge in [0.05, 0.1) is 32.9 Å². The summed E-state index contributed by atoms with van der Waals surface area (Å²) in [6.07, 6.45) is 1.53. The van der Waals surface area contributed by atoms with Crippen molar-refractivity contribution in [2.45, 2.75) is 13.0 Å². The Morgan fingerprint density at radius 3 is 2.30 bits per heavy atom. The predicted octanol–water partition coefficient (Wildman–Crippen LogP) is 4.75. The van der Waals surface area contributed by atoms with Crippen LogP contribution in [-0.2, 0) is 9.53 Å². The summed E-state index contributed by atoms with van der Waals surface area (Å²) in [5.41, 5.74) is 2.80. The number of carbonyl (C=O) groups excluding carboxylic acids is 2. The highest BCUT2D eigenvalue weighted by atomic mass is 16.6. The summed E-state index contributed by atoms with van der Waals surface area (Å²) in [5, 5.41) is 0. The molecule has 0 saturated carbocycles. The van der Waals surface area contributed by atoms with Crippen molar-refractivity contribution < 1.29 is 28.5 Å². The molecular formula is C30H31NO6. The van der Waals surface area contributed by atoms with E-state index in [2.05, 4.69) is 0 Å². The molecule has 1 aliphatic rings. The number of amides is 1. The number of methoxy groups -OCH3 is 2. The third-order valence-corrected chi connectivity index (χ3v) is 6.14. The molecule has 3 aromatic rings. The lowest BCUT2D eigenvalue weighted by atomic mass is 10.0. The molecular weight excluding hydrogens is 470 g/mol. The van der Waals surface area contributed by atoms with Gasteiger partial charge in [0.2, 0.25) is 5.75 Å². The van der Waals surface area contributed by atoms with Gasteiger partial charge in [0.25, 0.3) is 5.91 Å². The lowest BCUT2D eigenvalue weighted by molar-refractivity contribution is -0.133. The van der Waals surface area contributed by atoms with Crippen LogP contribution in [0.3, 0.4) is 0 Å². The first-order valence-corrected chi connectivity index (χ1v) is 12.1. The van der Waals surface area contributed by atoms with Crippen molar-refractivity contribution in [3.63, 3.8) is 0 Å². The molecule has 192 valence electrons. The number of hydrogen-bond donors (Lipinski definition) is 0. The van der Waals surface area contributed by atoms with E-state index in [9.17, 15) is 9.59 Å². The zero-order valence-electron chi connectivity index (χ0n) is 21.3.